The van der Waals surface area contributed by atoms with Gasteiger partial charge in [-0.1, -0.05) is 25.1 Å². The summed E-state index contributed by atoms with van der Waals surface area (Å²) >= 11 is 1.96. The second kappa shape index (κ2) is 11.2. The van der Waals surface area contributed by atoms with E-state index in [0.717, 1.165) is 59.4 Å². The highest BCUT2D eigenvalue weighted by atomic mass is 32.2. The van der Waals surface area contributed by atoms with Crippen LogP contribution >= 0.6 is 11.8 Å². The van der Waals surface area contributed by atoms with Crippen molar-refractivity contribution in [2.45, 2.75) is 32.2 Å². The molecule has 33 heavy (non-hydrogen) atoms. The van der Waals surface area contributed by atoms with Crippen LogP contribution in [0, 0.1) is 5.92 Å². The molecule has 0 aromatic heterocycles. The molecule has 2 heterocycles. The van der Waals surface area contributed by atoms with Gasteiger partial charge in [-0.25, -0.2) is 0 Å². The normalized spacial score (nSPS) is 21.8. The Kier molecular flexibility index (Phi) is 8.04. The fourth-order valence-corrected chi connectivity index (χ4v) is 5.65. The van der Waals surface area contributed by atoms with E-state index in [1.54, 1.807) is 7.11 Å². The Labute approximate surface area is 200 Å². The molecule has 2 aliphatic heterocycles. The number of hydrogen-bond donors (Lipinski definition) is 0. The number of carbonyl (C=O) groups excluding carboxylic acids is 1. The Morgan fingerprint density at radius 1 is 1.06 bits per heavy atom. The van der Waals surface area contributed by atoms with Gasteiger partial charge in [-0.3, -0.25) is 9.69 Å². The Balaban J connectivity index is 1.69. The first-order chi connectivity index (χ1) is 16.2. The first-order valence-electron chi connectivity index (χ1n) is 11.7. The van der Waals surface area contributed by atoms with E-state index in [2.05, 4.69) is 30.0 Å². The molecule has 0 saturated carbocycles. The monoisotopic (exact) mass is 471 g/mol. The summed E-state index contributed by atoms with van der Waals surface area (Å²) in [6.07, 6.45) is 1.16. The molecule has 0 bridgehead atoms. The van der Waals surface area contributed by atoms with Gasteiger partial charge in [-0.15, -0.1) is 0 Å². The van der Waals surface area contributed by atoms with Crippen molar-refractivity contribution in [3.63, 3.8) is 0 Å². The van der Waals surface area contributed by atoms with Crippen LogP contribution in [-0.2, 0) is 9.53 Å². The first kappa shape index (κ1) is 23.8. The zero-order valence-electron chi connectivity index (χ0n) is 19.6. The van der Waals surface area contributed by atoms with E-state index in [1.807, 2.05) is 43.0 Å². The molecule has 0 unspecified atom stereocenters. The maximum absolute atomic E-state index is 13.4. The lowest BCUT2D eigenvalue weighted by Crippen LogP contribution is -2.31. The summed E-state index contributed by atoms with van der Waals surface area (Å²) in [5, 5.41) is 0. The molecule has 1 fully saturated rings. The quantitative estimate of drug-likeness (QED) is 0.361. The molecule has 0 aliphatic carbocycles. The minimum atomic E-state index is -0.310. The predicted molar refractivity (Wildman–Crippen MR) is 130 cm³/mol. The van der Waals surface area contributed by atoms with E-state index in [4.69, 9.17) is 18.9 Å². The van der Waals surface area contributed by atoms with E-state index >= 15 is 0 Å². The lowest BCUT2D eigenvalue weighted by molar-refractivity contribution is -0.149. The number of rotatable bonds is 10. The topological polar surface area (TPSA) is 57.2 Å². The summed E-state index contributed by atoms with van der Waals surface area (Å²) < 4.78 is 22.1. The van der Waals surface area contributed by atoms with E-state index in [0.29, 0.717) is 6.61 Å². The predicted octanol–water partition coefficient (Wildman–Crippen LogP) is 4.89. The van der Waals surface area contributed by atoms with Crippen molar-refractivity contribution in [1.29, 1.82) is 0 Å². The van der Waals surface area contributed by atoms with E-state index in [-0.39, 0.29) is 30.6 Å². The minimum Gasteiger partial charge on any atom is -0.497 e. The molecule has 2 aromatic carbocycles. The SMILES string of the molecule is CCCSCCN1C[C@@H](c2ccc3c(c2)OCO3)[C@H](C(=O)OCC)[C@H]1c1ccc(OC)cc1. The molecule has 2 aliphatic rings. The summed E-state index contributed by atoms with van der Waals surface area (Å²) in [6.45, 7) is 6.37. The van der Waals surface area contributed by atoms with Crippen molar-refractivity contribution in [3.05, 3.63) is 53.6 Å². The highest BCUT2D eigenvalue weighted by molar-refractivity contribution is 7.99. The van der Waals surface area contributed by atoms with Crippen molar-refractivity contribution in [1.82, 2.24) is 4.90 Å². The fraction of sp³-hybridized carbons (Fsp3) is 0.500. The summed E-state index contributed by atoms with van der Waals surface area (Å²) in [7, 11) is 1.67. The molecule has 3 atom stereocenters. The Morgan fingerprint density at radius 3 is 2.55 bits per heavy atom. The number of thioether (sulfide) groups is 1. The number of likely N-dealkylation sites (tertiary alicyclic amines) is 1. The fourth-order valence-electron chi connectivity index (χ4n) is 4.79. The zero-order chi connectivity index (χ0) is 23.2. The smallest absolute Gasteiger partial charge is 0.311 e. The third-order valence-electron chi connectivity index (χ3n) is 6.31. The van der Waals surface area contributed by atoms with Crippen LogP contribution in [0.15, 0.2) is 42.5 Å². The molecule has 178 valence electrons. The molecule has 0 spiro atoms. The Hall–Kier alpha value is -2.38. The van der Waals surface area contributed by atoms with Gasteiger partial charge in [0.25, 0.3) is 0 Å². The average molecular weight is 472 g/mol. The molecule has 1 saturated heterocycles. The Morgan fingerprint density at radius 2 is 1.82 bits per heavy atom. The molecular formula is C26H33NO5S. The number of benzene rings is 2. The van der Waals surface area contributed by atoms with Gasteiger partial charge in [0.15, 0.2) is 11.5 Å². The lowest BCUT2D eigenvalue weighted by atomic mass is 9.82. The standard InChI is InChI=1S/C26H33NO5S/c1-4-13-33-14-12-27-16-21(19-8-11-22-23(15-19)32-17-31-22)24(26(28)30-5-2)25(27)18-6-9-20(29-3)10-7-18/h6-11,15,21,24-25H,4-5,12-14,16-17H2,1-3H3/t21-,24-,25+/m0/s1. The minimum absolute atomic E-state index is 0.00169. The molecule has 4 rings (SSSR count). The van der Waals surface area contributed by atoms with E-state index < -0.39 is 0 Å². The molecule has 2 aromatic rings. The summed E-state index contributed by atoms with van der Waals surface area (Å²) in [5.74, 6) is 4.03. The summed E-state index contributed by atoms with van der Waals surface area (Å²) in [6, 6.07) is 14.1. The van der Waals surface area contributed by atoms with Gasteiger partial charge in [-0.05, 0) is 54.5 Å². The molecule has 7 heteroatoms. The molecular weight excluding hydrogens is 438 g/mol. The number of carbonyl (C=O) groups is 1. The van der Waals surface area contributed by atoms with Gasteiger partial charge < -0.3 is 18.9 Å². The van der Waals surface area contributed by atoms with Crippen LogP contribution in [0.1, 0.15) is 43.4 Å². The van der Waals surface area contributed by atoms with Crippen molar-refractivity contribution in [3.8, 4) is 17.2 Å². The van der Waals surface area contributed by atoms with Crippen LogP contribution in [0.2, 0.25) is 0 Å². The summed E-state index contributed by atoms with van der Waals surface area (Å²) in [4.78, 5) is 15.8. The maximum atomic E-state index is 13.4. The van der Waals surface area contributed by atoms with Gasteiger partial charge in [0, 0.05) is 30.8 Å². The second-order valence-corrected chi connectivity index (χ2v) is 9.55. The molecule has 0 N–H and O–H groups in total. The van der Waals surface area contributed by atoms with E-state index in [9.17, 15) is 4.79 Å². The average Bonchev–Trinajstić information content (AvgIpc) is 3.46. The maximum Gasteiger partial charge on any atom is 0.311 e. The second-order valence-electron chi connectivity index (χ2n) is 8.32. The van der Waals surface area contributed by atoms with Gasteiger partial charge in [0.1, 0.15) is 5.75 Å². The van der Waals surface area contributed by atoms with Crippen molar-refractivity contribution < 1.29 is 23.7 Å². The van der Waals surface area contributed by atoms with Crippen molar-refractivity contribution in [2.75, 3.05) is 45.1 Å². The van der Waals surface area contributed by atoms with Gasteiger partial charge in [-0.2, -0.15) is 11.8 Å². The van der Waals surface area contributed by atoms with Gasteiger partial charge >= 0.3 is 5.97 Å². The van der Waals surface area contributed by atoms with Crippen LogP contribution in [0.4, 0.5) is 0 Å². The third-order valence-corrected chi connectivity index (χ3v) is 7.48. The van der Waals surface area contributed by atoms with Crippen molar-refractivity contribution in [2.24, 2.45) is 5.92 Å². The summed E-state index contributed by atoms with van der Waals surface area (Å²) in [5.41, 5.74) is 2.19. The first-order valence-corrected chi connectivity index (χ1v) is 12.8. The molecule has 6 nitrogen and oxygen atoms in total. The highest BCUT2D eigenvalue weighted by Gasteiger charge is 2.48. The van der Waals surface area contributed by atoms with Crippen LogP contribution in [0.3, 0.4) is 0 Å². The number of methoxy groups -OCH3 is 1. The largest absolute Gasteiger partial charge is 0.497 e. The number of hydrogen-bond acceptors (Lipinski definition) is 7. The number of ether oxygens (including phenoxy) is 4. The van der Waals surface area contributed by atoms with Crippen LogP contribution in [0.5, 0.6) is 17.2 Å². The van der Waals surface area contributed by atoms with Crippen molar-refractivity contribution >= 4 is 17.7 Å². The number of fused-ring (bicyclic) bond motifs is 1. The van der Waals surface area contributed by atoms with Crippen LogP contribution in [0.25, 0.3) is 0 Å². The zero-order valence-corrected chi connectivity index (χ0v) is 20.4. The Bertz CT molecular complexity index is 935. The molecule has 0 amide bonds. The van der Waals surface area contributed by atoms with Crippen LogP contribution in [-0.4, -0.2) is 56.0 Å². The third kappa shape index (κ3) is 5.25. The molecule has 0 radical (unpaired) electrons. The van der Waals surface area contributed by atoms with Crippen LogP contribution < -0.4 is 14.2 Å². The van der Waals surface area contributed by atoms with Gasteiger partial charge in [0.2, 0.25) is 6.79 Å². The van der Waals surface area contributed by atoms with Gasteiger partial charge in [0.05, 0.1) is 19.6 Å². The lowest BCUT2D eigenvalue weighted by Gasteiger charge is -2.28. The highest BCUT2D eigenvalue weighted by Crippen LogP contribution is 2.48. The van der Waals surface area contributed by atoms with E-state index in [1.165, 1.54) is 0 Å². The number of esters is 1. The number of nitrogens with zero attached hydrogens (tertiary/aromatic N) is 1.